The van der Waals surface area contributed by atoms with Crippen molar-refractivity contribution in [3.05, 3.63) is 88.4 Å². The summed E-state index contributed by atoms with van der Waals surface area (Å²) in [5, 5.41) is 4.32. The van der Waals surface area contributed by atoms with Crippen LogP contribution in [-0.2, 0) is 6.42 Å². The number of hydrogen-bond acceptors (Lipinski definition) is 6. The van der Waals surface area contributed by atoms with Crippen molar-refractivity contribution in [2.75, 3.05) is 7.11 Å². The molecule has 0 bridgehead atoms. The zero-order valence-corrected chi connectivity index (χ0v) is 18.8. The van der Waals surface area contributed by atoms with Gasteiger partial charge >= 0.3 is 5.91 Å². The molecular weight excluding hydrogens is 436 g/mol. The van der Waals surface area contributed by atoms with Crippen molar-refractivity contribution in [1.29, 1.82) is 0 Å². The van der Waals surface area contributed by atoms with Gasteiger partial charge in [0.2, 0.25) is 0 Å². The lowest BCUT2D eigenvalue weighted by molar-refractivity contribution is 0.0829. The topological polar surface area (TPSA) is 122 Å². The number of carbonyl (C=O) groups is 3. The van der Waals surface area contributed by atoms with Crippen molar-refractivity contribution in [1.82, 2.24) is 16.3 Å². The molecule has 0 unspecified atom stereocenters. The minimum Gasteiger partial charge on any atom is -0.496 e. The molecule has 0 aliphatic heterocycles. The SMILES string of the molecule is COc1ccccc1C(=O)N/N=C1\CCCc2oc(C(=O)NNC(=O)c3ccccc3)c(C)c21. The van der Waals surface area contributed by atoms with E-state index in [0.717, 1.165) is 6.42 Å². The summed E-state index contributed by atoms with van der Waals surface area (Å²) in [5.74, 6) is -0.268. The molecule has 0 fully saturated rings. The number of ether oxygens (including phenoxy) is 1. The standard InChI is InChI=1S/C25H24N4O5/c1-15-21-18(26-28-24(31)17-11-6-7-13-19(17)33-2)12-8-14-20(21)34-22(15)25(32)29-27-23(30)16-9-4-3-5-10-16/h3-7,9-11,13H,8,12,14H2,1-2H3,(H,27,30)(H,28,31)(H,29,32)/b26-18+. The number of amides is 3. The second-order valence-corrected chi connectivity index (χ2v) is 7.68. The molecule has 9 heteroatoms. The summed E-state index contributed by atoms with van der Waals surface area (Å²) in [7, 11) is 1.50. The molecule has 4 rings (SSSR count). The summed E-state index contributed by atoms with van der Waals surface area (Å²) in [6.45, 7) is 1.75. The van der Waals surface area contributed by atoms with Gasteiger partial charge in [-0.05, 0) is 44.0 Å². The van der Waals surface area contributed by atoms with E-state index in [9.17, 15) is 14.4 Å². The maximum Gasteiger partial charge on any atom is 0.305 e. The zero-order chi connectivity index (χ0) is 24.1. The molecular formula is C25H24N4O5. The van der Waals surface area contributed by atoms with E-state index in [1.165, 1.54) is 7.11 Å². The molecule has 3 N–H and O–H groups in total. The summed E-state index contributed by atoms with van der Waals surface area (Å²) in [6, 6.07) is 15.4. The number of carbonyl (C=O) groups excluding carboxylic acids is 3. The molecule has 34 heavy (non-hydrogen) atoms. The Morgan fingerprint density at radius 3 is 2.38 bits per heavy atom. The van der Waals surface area contributed by atoms with Crippen LogP contribution < -0.4 is 21.0 Å². The molecule has 1 aliphatic rings. The Morgan fingerprint density at radius 1 is 0.912 bits per heavy atom. The number of hydrazone groups is 1. The molecule has 0 saturated carbocycles. The quantitative estimate of drug-likeness (QED) is 0.505. The van der Waals surface area contributed by atoms with Crippen molar-refractivity contribution in [3.63, 3.8) is 0 Å². The lowest BCUT2D eigenvalue weighted by atomic mass is 9.93. The van der Waals surface area contributed by atoms with Crippen LogP contribution in [-0.4, -0.2) is 30.5 Å². The number of para-hydroxylation sites is 1. The van der Waals surface area contributed by atoms with Gasteiger partial charge in [-0.3, -0.25) is 25.2 Å². The normalized spacial score (nSPS) is 13.6. The average molecular weight is 460 g/mol. The molecule has 1 aliphatic carbocycles. The summed E-state index contributed by atoms with van der Waals surface area (Å²) >= 11 is 0. The monoisotopic (exact) mass is 460 g/mol. The second kappa shape index (κ2) is 10.0. The molecule has 1 aromatic heterocycles. The number of aryl methyl sites for hydroxylation is 1. The Hall–Kier alpha value is -4.40. The Bertz CT molecular complexity index is 1260. The highest BCUT2D eigenvalue weighted by Crippen LogP contribution is 2.30. The lowest BCUT2D eigenvalue weighted by Gasteiger charge is -2.14. The van der Waals surface area contributed by atoms with Gasteiger partial charge in [-0.15, -0.1) is 0 Å². The van der Waals surface area contributed by atoms with E-state index >= 15 is 0 Å². The van der Waals surface area contributed by atoms with E-state index in [-0.39, 0.29) is 5.76 Å². The van der Waals surface area contributed by atoms with Gasteiger partial charge in [0.1, 0.15) is 11.5 Å². The number of fused-ring (bicyclic) bond motifs is 1. The molecule has 0 radical (unpaired) electrons. The van der Waals surface area contributed by atoms with E-state index in [1.807, 2.05) is 0 Å². The van der Waals surface area contributed by atoms with Crippen molar-refractivity contribution >= 4 is 23.4 Å². The van der Waals surface area contributed by atoms with E-state index in [2.05, 4.69) is 21.4 Å². The maximum absolute atomic E-state index is 12.7. The maximum atomic E-state index is 12.7. The third kappa shape index (κ3) is 4.68. The highest BCUT2D eigenvalue weighted by Gasteiger charge is 2.28. The number of methoxy groups -OCH3 is 1. The van der Waals surface area contributed by atoms with Gasteiger partial charge in [0.25, 0.3) is 11.8 Å². The molecule has 0 spiro atoms. The predicted molar refractivity (Wildman–Crippen MR) is 125 cm³/mol. The van der Waals surface area contributed by atoms with Gasteiger partial charge in [0.05, 0.1) is 18.4 Å². The third-order valence-electron chi connectivity index (χ3n) is 5.50. The van der Waals surface area contributed by atoms with E-state index in [4.69, 9.17) is 9.15 Å². The van der Waals surface area contributed by atoms with Crippen LogP contribution in [0.5, 0.6) is 5.75 Å². The van der Waals surface area contributed by atoms with E-state index in [1.54, 1.807) is 61.5 Å². The fourth-order valence-corrected chi connectivity index (χ4v) is 3.84. The minimum atomic E-state index is -0.575. The highest BCUT2D eigenvalue weighted by atomic mass is 16.5. The Labute approximate surface area is 196 Å². The first-order valence-corrected chi connectivity index (χ1v) is 10.8. The Morgan fingerprint density at radius 2 is 1.62 bits per heavy atom. The van der Waals surface area contributed by atoms with E-state index < -0.39 is 17.7 Å². The van der Waals surface area contributed by atoms with Gasteiger partial charge in [-0.25, -0.2) is 5.43 Å². The van der Waals surface area contributed by atoms with Crippen LogP contribution in [0.25, 0.3) is 0 Å². The lowest BCUT2D eigenvalue weighted by Crippen LogP contribution is -2.41. The Kier molecular flexibility index (Phi) is 6.72. The first-order chi connectivity index (χ1) is 16.5. The van der Waals surface area contributed by atoms with Crippen LogP contribution in [0, 0.1) is 6.92 Å². The van der Waals surface area contributed by atoms with Gasteiger partial charge < -0.3 is 9.15 Å². The number of hydrogen-bond donors (Lipinski definition) is 3. The smallest absolute Gasteiger partial charge is 0.305 e. The van der Waals surface area contributed by atoms with Gasteiger partial charge in [0, 0.05) is 23.1 Å². The summed E-state index contributed by atoms with van der Waals surface area (Å²) in [6.07, 6.45) is 2.01. The molecule has 3 aromatic rings. The Balaban J connectivity index is 1.50. The molecule has 174 valence electrons. The predicted octanol–water partition coefficient (Wildman–Crippen LogP) is 3.14. The van der Waals surface area contributed by atoms with Crippen molar-refractivity contribution in [2.24, 2.45) is 5.10 Å². The van der Waals surface area contributed by atoms with E-state index in [0.29, 0.717) is 52.3 Å². The third-order valence-corrected chi connectivity index (χ3v) is 5.50. The summed E-state index contributed by atoms with van der Waals surface area (Å²) in [5.41, 5.74) is 10.0. The average Bonchev–Trinajstić information content (AvgIpc) is 3.23. The zero-order valence-electron chi connectivity index (χ0n) is 18.8. The number of rotatable bonds is 5. The van der Waals surface area contributed by atoms with Gasteiger partial charge in [-0.1, -0.05) is 30.3 Å². The van der Waals surface area contributed by atoms with Crippen LogP contribution >= 0.6 is 0 Å². The van der Waals surface area contributed by atoms with Crippen LogP contribution in [0.4, 0.5) is 0 Å². The first kappa shape index (κ1) is 22.8. The molecule has 2 aromatic carbocycles. The molecule has 1 heterocycles. The first-order valence-electron chi connectivity index (χ1n) is 10.8. The molecule has 9 nitrogen and oxygen atoms in total. The molecule has 0 atom stereocenters. The van der Waals surface area contributed by atoms with Crippen LogP contribution in [0.15, 0.2) is 64.1 Å². The number of furan rings is 1. The fraction of sp³-hybridized carbons (Fsp3) is 0.200. The van der Waals surface area contributed by atoms with Crippen LogP contribution in [0.1, 0.15) is 61.0 Å². The summed E-state index contributed by atoms with van der Waals surface area (Å²) < 4.78 is 11.1. The minimum absolute atomic E-state index is 0.0871. The van der Waals surface area contributed by atoms with Crippen molar-refractivity contribution in [3.8, 4) is 5.75 Å². The van der Waals surface area contributed by atoms with Crippen molar-refractivity contribution < 1.29 is 23.5 Å². The summed E-state index contributed by atoms with van der Waals surface area (Å²) in [4.78, 5) is 37.5. The van der Waals surface area contributed by atoms with Gasteiger partial charge in [-0.2, -0.15) is 5.10 Å². The van der Waals surface area contributed by atoms with Crippen LogP contribution in [0.3, 0.4) is 0 Å². The number of hydrazine groups is 1. The molecule has 3 amide bonds. The number of benzene rings is 2. The molecule has 0 saturated heterocycles. The largest absolute Gasteiger partial charge is 0.496 e. The number of nitrogens with zero attached hydrogens (tertiary/aromatic N) is 1. The van der Waals surface area contributed by atoms with Gasteiger partial charge in [0.15, 0.2) is 5.76 Å². The highest BCUT2D eigenvalue weighted by molar-refractivity contribution is 6.07. The second-order valence-electron chi connectivity index (χ2n) is 7.68. The fourth-order valence-electron chi connectivity index (χ4n) is 3.84. The van der Waals surface area contributed by atoms with Crippen molar-refractivity contribution in [2.45, 2.75) is 26.2 Å². The number of nitrogens with one attached hydrogen (secondary N) is 3. The van der Waals surface area contributed by atoms with Crippen LogP contribution in [0.2, 0.25) is 0 Å².